The van der Waals surface area contributed by atoms with Crippen molar-refractivity contribution in [2.45, 2.75) is 33.0 Å². The van der Waals surface area contributed by atoms with Gasteiger partial charge in [0.15, 0.2) is 0 Å². The van der Waals surface area contributed by atoms with Gasteiger partial charge >= 0.3 is 0 Å². The van der Waals surface area contributed by atoms with E-state index in [0.717, 1.165) is 19.7 Å². The molecule has 0 amide bonds. The highest BCUT2D eigenvalue weighted by molar-refractivity contribution is 5.28. The fraction of sp³-hybridized carbons (Fsp3) is 0.538. The second-order valence-corrected chi connectivity index (χ2v) is 4.84. The first-order valence-electron chi connectivity index (χ1n) is 5.49. The Bertz CT molecular complexity index is 335. The van der Waals surface area contributed by atoms with Crippen LogP contribution in [-0.4, -0.2) is 18.7 Å². The first-order chi connectivity index (χ1) is 7.07. The molecule has 0 aliphatic carbocycles. The molecule has 1 N–H and O–H groups in total. The van der Waals surface area contributed by atoms with Crippen LogP contribution in [0, 0.1) is 13.8 Å². The quantitative estimate of drug-likeness (QED) is 0.816. The molecule has 1 fully saturated rings. The van der Waals surface area contributed by atoms with Crippen molar-refractivity contribution in [1.29, 1.82) is 0 Å². The maximum Gasteiger partial charge on any atom is 0.0906 e. The minimum atomic E-state index is 0.0532. The fourth-order valence-electron chi connectivity index (χ4n) is 1.99. The van der Waals surface area contributed by atoms with Gasteiger partial charge in [0.05, 0.1) is 12.2 Å². The number of benzene rings is 1. The molecule has 2 heteroatoms. The highest BCUT2D eigenvalue weighted by Crippen LogP contribution is 2.18. The van der Waals surface area contributed by atoms with Gasteiger partial charge in [0.1, 0.15) is 0 Å². The van der Waals surface area contributed by atoms with Gasteiger partial charge in [-0.05, 0) is 26.3 Å². The van der Waals surface area contributed by atoms with Gasteiger partial charge in [0.25, 0.3) is 0 Å². The van der Waals surface area contributed by atoms with Crippen LogP contribution in [0.3, 0.4) is 0 Å². The first kappa shape index (κ1) is 10.7. The summed E-state index contributed by atoms with van der Waals surface area (Å²) in [6.45, 7) is 9.08. The van der Waals surface area contributed by atoms with Crippen LogP contribution in [0.15, 0.2) is 18.2 Å². The van der Waals surface area contributed by atoms with Gasteiger partial charge < -0.3 is 10.1 Å². The van der Waals surface area contributed by atoms with Gasteiger partial charge in [-0.3, -0.25) is 0 Å². The van der Waals surface area contributed by atoms with Crippen molar-refractivity contribution in [3.05, 3.63) is 34.9 Å². The normalized spacial score (nSPS) is 18.6. The summed E-state index contributed by atoms with van der Waals surface area (Å²) in [5.74, 6) is 0. The van der Waals surface area contributed by atoms with Crippen molar-refractivity contribution >= 4 is 0 Å². The number of aryl methyl sites for hydroxylation is 2. The standard InChI is InChI=1S/C13H19NO/c1-10-4-11(2)6-12(5-10)7-15-13(3)8-14-9-13/h4-6,14H,7-9H2,1-3H3. The second kappa shape index (κ2) is 3.95. The van der Waals surface area contributed by atoms with E-state index < -0.39 is 0 Å². The third-order valence-corrected chi connectivity index (χ3v) is 2.87. The largest absolute Gasteiger partial charge is 0.368 e. The number of ether oxygens (including phenoxy) is 1. The molecule has 1 aliphatic heterocycles. The zero-order valence-electron chi connectivity index (χ0n) is 9.76. The molecule has 0 aromatic heterocycles. The lowest BCUT2D eigenvalue weighted by atomic mass is 10.00. The van der Waals surface area contributed by atoms with Crippen molar-refractivity contribution < 1.29 is 4.74 Å². The van der Waals surface area contributed by atoms with Crippen LogP contribution in [0.25, 0.3) is 0 Å². The summed E-state index contributed by atoms with van der Waals surface area (Å²) in [6, 6.07) is 6.58. The molecule has 0 saturated carbocycles. The summed E-state index contributed by atoms with van der Waals surface area (Å²) in [4.78, 5) is 0. The lowest BCUT2D eigenvalue weighted by Gasteiger charge is -2.39. The van der Waals surface area contributed by atoms with Crippen molar-refractivity contribution in [2.75, 3.05) is 13.1 Å². The smallest absolute Gasteiger partial charge is 0.0906 e. The summed E-state index contributed by atoms with van der Waals surface area (Å²) in [7, 11) is 0. The predicted molar refractivity (Wildman–Crippen MR) is 62.0 cm³/mol. The van der Waals surface area contributed by atoms with Gasteiger partial charge in [-0.25, -0.2) is 0 Å². The van der Waals surface area contributed by atoms with Gasteiger partial charge in [-0.2, -0.15) is 0 Å². The van der Waals surface area contributed by atoms with Crippen molar-refractivity contribution in [3.63, 3.8) is 0 Å². The van der Waals surface area contributed by atoms with E-state index >= 15 is 0 Å². The Morgan fingerprint density at radius 2 is 1.80 bits per heavy atom. The Morgan fingerprint density at radius 1 is 1.20 bits per heavy atom. The Labute approximate surface area is 91.6 Å². The summed E-state index contributed by atoms with van der Waals surface area (Å²) in [5.41, 5.74) is 3.95. The van der Waals surface area contributed by atoms with Crippen LogP contribution in [0.2, 0.25) is 0 Å². The van der Waals surface area contributed by atoms with Crippen LogP contribution >= 0.6 is 0 Å². The summed E-state index contributed by atoms with van der Waals surface area (Å²) in [6.07, 6.45) is 0. The van der Waals surface area contributed by atoms with E-state index in [-0.39, 0.29) is 5.60 Å². The van der Waals surface area contributed by atoms with E-state index in [0.29, 0.717) is 0 Å². The molecule has 1 saturated heterocycles. The monoisotopic (exact) mass is 205 g/mol. The molecule has 0 radical (unpaired) electrons. The van der Waals surface area contributed by atoms with Gasteiger partial charge in [-0.1, -0.05) is 29.3 Å². The van der Waals surface area contributed by atoms with E-state index in [9.17, 15) is 0 Å². The third-order valence-electron chi connectivity index (χ3n) is 2.87. The molecule has 1 aromatic rings. The van der Waals surface area contributed by atoms with E-state index in [4.69, 9.17) is 4.74 Å². The average Bonchev–Trinajstić information content (AvgIpc) is 2.10. The highest BCUT2D eigenvalue weighted by Gasteiger charge is 2.32. The Kier molecular flexibility index (Phi) is 2.81. The topological polar surface area (TPSA) is 21.3 Å². The molecule has 1 heterocycles. The molecule has 1 aliphatic rings. The Hall–Kier alpha value is -0.860. The van der Waals surface area contributed by atoms with Crippen LogP contribution in [0.5, 0.6) is 0 Å². The third kappa shape index (κ3) is 2.58. The number of nitrogens with one attached hydrogen (secondary N) is 1. The molecule has 2 rings (SSSR count). The van der Waals surface area contributed by atoms with Crippen LogP contribution in [0.4, 0.5) is 0 Å². The lowest BCUT2D eigenvalue weighted by Crippen LogP contribution is -2.58. The maximum absolute atomic E-state index is 5.90. The number of rotatable bonds is 3. The zero-order chi connectivity index (χ0) is 10.9. The van der Waals surface area contributed by atoms with E-state index in [1.54, 1.807) is 0 Å². The molecule has 2 nitrogen and oxygen atoms in total. The fourth-order valence-corrected chi connectivity index (χ4v) is 1.99. The van der Waals surface area contributed by atoms with Crippen LogP contribution < -0.4 is 5.32 Å². The van der Waals surface area contributed by atoms with E-state index in [1.165, 1.54) is 16.7 Å². The van der Waals surface area contributed by atoms with E-state index in [2.05, 4.69) is 44.3 Å². The zero-order valence-corrected chi connectivity index (χ0v) is 9.76. The van der Waals surface area contributed by atoms with Crippen LogP contribution in [0.1, 0.15) is 23.6 Å². The minimum absolute atomic E-state index is 0.0532. The Morgan fingerprint density at radius 3 is 2.27 bits per heavy atom. The molecular weight excluding hydrogens is 186 g/mol. The minimum Gasteiger partial charge on any atom is -0.368 e. The molecule has 0 bridgehead atoms. The summed E-state index contributed by atoms with van der Waals surface area (Å²) < 4.78 is 5.90. The molecular formula is C13H19NO. The van der Waals surface area contributed by atoms with Gasteiger partial charge in [-0.15, -0.1) is 0 Å². The SMILES string of the molecule is Cc1cc(C)cc(COC2(C)CNC2)c1. The molecule has 0 spiro atoms. The van der Waals surface area contributed by atoms with Gasteiger partial charge in [0, 0.05) is 13.1 Å². The van der Waals surface area contributed by atoms with Crippen molar-refractivity contribution in [2.24, 2.45) is 0 Å². The molecule has 1 aromatic carbocycles. The van der Waals surface area contributed by atoms with Gasteiger partial charge in [0.2, 0.25) is 0 Å². The highest BCUT2D eigenvalue weighted by atomic mass is 16.5. The first-order valence-corrected chi connectivity index (χ1v) is 5.49. The molecule has 0 atom stereocenters. The summed E-state index contributed by atoms with van der Waals surface area (Å²) in [5, 5.41) is 3.24. The molecule has 15 heavy (non-hydrogen) atoms. The number of hydrogen-bond donors (Lipinski definition) is 1. The lowest BCUT2D eigenvalue weighted by molar-refractivity contribution is -0.0767. The Balaban J connectivity index is 1.98. The van der Waals surface area contributed by atoms with Crippen molar-refractivity contribution in [3.8, 4) is 0 Å². The maximum atomic E-state index is 5.90. The van der Waals surface area contributed by atoms with Crippen molar-refractivity contribution in [1.82, 2.24) is 5.32 Å². The number of hydrogen-bond acceptors (Lipinski definition) is 2. The van der Waals surface area contributed by atoms with E-state index in [1.807, 2.05) is 0 Å². The molecule has 82 valence electrons. The predicted octanol–water partition coefficient (Wildman–Crippen LogP) is 2.18. The summed E-state index contributed by atoms with van der Waals surface area (Å²) >= 11 is 0. The molecule has 0 unspecified atom stereocenters. The van der Waals surface area contributed by atoms with Crippen LogP contribution in [-0.2, 0) is 11.3 Å². The second-order valence-electron chi connectivity index (χ2n) is 4.84. The average molecular weight is 205 g/mol.